The van der Waals surface area contributed by atoms with Gasteiger partial charge in [0.15, 0.2) is 0 Å². The molecule has 0 saturated heterocycles. The molecule has 0 aliphatic rings. The van der Waals surface area contributed by atoms with Gasteiger partial charge in [-0.25, -0.2) is 0 Å². The van der Waals surface area contributed by atoms with E-state index in [-0.39, 0.29) is 5.75 Å². The van der Waals surface area contributed by atoms with Crippen molar-refractivity contribution < 1.29 is 14.7 Å². The number of benzene rings is 2. The lowest BCUT2D eigenvalue weighted by atomic mass is 10.1. The number of phenolic OH excluding ortho intramolecular Hbond substituents is 1. The van der Waals surface area contributed by atoms with Gasteiger partial charge in [-0.2, -0.15) is 0 Å². The molecule has 0 heterocycles. The van der Waals surface area contributed by atoms with Crippen molar-refractivity contribution in [2.45, 2.75) is 26.4 Å². The molecule has 0 aliphatic carbocycles. The molecule has 2 aromatic rings. The molecule has 0 aliphatic heterocycles. The Morgan fingerprint density at radius 1 is 1.08 bits per heavy atom. The molecule has 0 amide bonds. The average Bonchev–Trinajstić information content (AvgIpc) is 2.56. The third-order valence-corrected chi connectivity index (χ3v) is 3.56. The van der Waals surface area contributed by atoms with E-state index in [9.17, 15) is 5.11 Å². The van der Waals surface area contributed by atoms with E-state index in [4.69, 9.17) is 4.74 Å². The number of ether oxygens (including phenoxy) is 1. The second kappa shape index (κ2) is 9.08. The summed E-state index contributed by atoms with van der Waals surface area (Å²) in [7, 11) is 4.28. The minimum atomic E-state index is 0.191. The van der Waals surface area contributed by atoms with Gasteiger partial charge in [0.2, 0.25) is 0 Å². The number of hydrogen-bond donors (Lipinski definition) is 2. The van der Waals surface area contributed by atoms with Crippen LogP contribution in [0.25, 0.3) is 0 Å². The van der Waals surface area contributed by atoms with Gasteiger partial charge in [-0.15, -0.1) is 0 Å². The summed E-state index contributed by atoms with van der Waals surface area (Å²) in [6.07, 6.45) is 2.65. The highest BCUT2D eigenvalue weighted by atomic mass is 16.5. The number of aromatic hydroxyl groups is 1. The van der Waals surface area contributed by atoms with E-state index in [1.807, 2.05) is 12.1 Å². The number of rotatable bonds is 8. The molecule has 0 spiro atoms. The van der Waals surface area contributed by atoms with Gasteiger partial charge < -0.3 is 14.7 Å². The molecular formula is C20H27N2O2+. The van der Waals surface area contributed by atoms with Gasteiger partial charge in [-0.3, -0.25) is 4.99 Å². The van der Waals surface area contributed by atoms with Crippen molar-refractivity contribution in [3.8, 4) is 11.5 Å². The Morgan fingerprint density at radius 2 is 1.79 bits per heavy atom. The van der Waals surface area contributed by atoms with E-state index in [2.05, 4.69) is 50.3 Å². The van der Waals surface area contributed by atoms with Crippen LogP contribution in [0.4, 0.5) is 0 Å². The minimum Gasteiger partial charge on any atom is -0.507 e. The van der Waals surface area contributed by atoms with Crippen LogP contribution in [0, 0.1) is 0 Å². The fourth-order valence-corrected chi connectivity index (χ4v) is 2.36. The maximum atomic E-state index is 10.0. The van der Waals surface area contributed by atoms with Gasteiger partial charge in [0, 0.05) is 23.4 Å². The van der Waals surface area contributed by atoms with Gasteiger partial charge in [-0.05, 0) is 24.1 Å². The van der Waals surface area contributed by atoms with E-state index < -0.39 is 0 Å². The Labute approximate surface area is 144 Å². The zero-order chi connectivity index (χ0) is 17.4. The quantitative estimate of drug-likeness (QED) is 0.732. The van der Waals surface area contributed by atoms with E-state index >= 15 is 0 Å². The molecule has 2 N–H and O–H groups in total. The number of hydrogen-bond acceptors (Lipinski definition) is 3. The predicted molar refractivity (Wildman–Crippen MR) is 98.1 cm³/mol. The topological polar surface area (TPSA) is 46.3 Å². The summed E-state index contributed by atoms with van der Waals surface area (Å²) >= 11 is 0. The van der Waals surface area contributed by atoms with Crippen molar-refractivity contribution in [3.05, 3.63) is 59.2 Å². The molecular weight excluding hydrogens is 300 g/mol. The van der Waals surface area contributed by atoms with Crippen LogP contribution in [0.3, 0.4) is 0 Å². The van der Waals surface area contributed by atoms with Crippen LogP contribution in [-0.4, -0.2) is 32.0 Å². The Morgan fingerprint density at radius 3 is 2.42 bits per heavy atom. The Bertz CT molecular complexity index is 664. The monoisotopic (exact) mass is 327 g/mol. The molecule has 0 saturated carbocycles. The van der Waals surface area contributed by atoms with Crippen molar-refractivity contribution >= 4 is 6.21 Å². The summed E-state index contributed by atoms with van der Waals surface area (Å²) in [4.78, 5) is 5.83. The SMILES string of the molecule is CCCOc1ccc(C=NCc2ccc(C[NH+](C)C)cc2)c(O)c1. The molecule has 0 atom stereocenters. The lowest BCUT2D eigenvalue weighted by molar-refractivity contribution is -0.872. The molecule has 2 aromatic carbocycles. The number of quaternary nitrogens is 1. The fraction of sp³-hybridized carbons (Fsp3) is 0.350. The molecule has 0 aromatic heterocycles. The summed E-state index contributed by atoms with van der Waals surface area (Å²) in [6, 6.07) is 13.8. The highest BCUT2D eigenvalue weighted by Gasteiger charge is 2.02. The van der Waals surface area contributed by atoms with Gasteiger partial charge in [0.05, 0.1) is 27.2 Å². The highest BCUT2D eigenvalue weighted by Crippen LogP contribution is 2.22. The summed E-state index contributed by atoms with van der Waals surface area (Å²) in [5.41, 5.74) is 3.18. The smallest absolute Gasteiger partial charge is 0.128 e. The molecule has 0 fully saturated rings. The normalized spacial score (nSPS) is 11.3. The molecule has 0 unspecified atom stereocenters. The van der Waals surface area contributed by atoms with E-state index in [1.165, 1.54) is 10.5 Å². The van der Waals surface area contributed by atoms with Crippen LogP contribution in [-0.2, 0) is 13.1 Å². The molecule has 0 bridgehead atoms. The van der Waals surface area contributed by atoms with Gasteiger partial charge >= 0.3 is 0 Å². The molecule has 4 heteroatoms. The lowest BCUT2D eigenvalue weighted by Gasteiger charge is -2.07. The Hall–Kier alpha value is -2.33. The van der Waals surface area contributed by atoms with Crippen molar-refractivity contribution in [1.29, 1.82) is 0 Å². The first-order valence-electron chi connectivity index (χ1n) is 8.41. The summed E-state index contributed by atoms with van der Waals surface area (Å²) in [5, 5.41) is 10.0. The van der Waals surface area contributed by atoms with Crippen molar-refractivity contribution in [2.24, 2.45) is 4.99 Å². The Kier molecular flexibility index (Phi) is 6.82. The predicted octanol–water partition coefficient (Wildman–Crippen LogP) is 2.44. The first kappa shape index (κ1) is 18.0. The van der Waals surface area contributed by atoms with E-state index in [1.54, 1.807) is 12.3 Å². The zero-order valence-electron chi connectivity index (χ0n) is 14.7. The third-order valence-electron chi connectivity index (χ3n) is 3.56. The van der Waals surface area contributed by atoms with Crippen LogP contribution in [0.2, 0.25) is 0 Å². The maximum absolute atomic E-state index is 10.0. The van der Waals surface area contributed by atoms with Gasteiger partial charge in [0.1, 0.15) is 18.0 Å². The standard InChI is InChI=1S/C20H26N2O2/c1-4-11-24-19-10-9-18(20(23)12-19)14-21-13-16-5-7-17(8-6-16)15-22(2)3/h5-10,12,14,23H,4,11,13,15H2,1-3H3/p+1. The molecule has 128 valence electrons. The molecule has 4 nitrogen and oxygen atoms in total. The Balaban J connectivity index is 1.93. The van der Waals surface area contributed by atoms with Crippen LogP contribution >= 0.6 is 0 Å². The van der Waals surface area contributed by atoms with Crippen LogP contribution in [0.15, 0.2) is 47.5 Å². The third kappa shape index (κ3) is 5.70. The van der Waals surface area contributed by atoms with E-state index in [0.717, 1.165) is 18.5 Å². The number of nitrogens with one attached hydrogen (secondary N) is 1. The number of nitrogens with zero attached hydrogens (tertiary/aromatic N) is 1. The summed E-state index contributed by atoms with van der Waals surface area (Å²) < 4.78 is 5.50. The molecule has 24 heavy (non-hydrogen) atoms. The van der Waals surface area contributed by atoms with Crippen molar-refractivity contribution in [2.75, 3.05) is 20.7 Å². The van der Waals surface area contributed by atoms with Crippen molar-refractivity contribution in [3.63, 3.8) is 0 Å². The van der Waals surface area contributed by atoms with Crippen LogP contribution in [0.5, 0.6) is 11.5 Å². The second-order valence-electron chi connectivity index (χ2n) is 6.24. The maximum Gasteiger partial charge on any atom is 0.128 e. The van der Waals surface area contributed by atoms with Crippen LogP contribution < -0.4 is 9.64 Å². The fourth-order valence-electron chi connectivity index (χ4n) is 2.36. The number of aliphatic imine (C=N–C) groups is 1. The first-order valence-corrected chi connectivity index (χ1v) is 8.41. The zero-order valence-corrected chi connectivity index (χ0v) is 14.7. The summed E-state index contributed by atoms with van der Waals surface area (Å²) in [5.74, 6) is 0.877. The highest BCUT2D eigenvalue weighted by molar-refractivity contribution is 5.83. The van der Waals surface area contributed by atoms with Gasteiger partial charge in [-0.1, -0.05) is 31.2 Å². The molecule has 0 radical (unpaired) electrons. The largest absolute Gasteiger partial charge is 0.507 e. The average molecular weight is 327 g/mol. The van der Waals surface area contributed by atoms with Crippen molar-refractivity contribution in [1.82, 2.24) is 0 Å². The number of phenols is 1. The lowest BCUT2D eigenvalue weighted by Crippen LogP contribution is -3.04. The first-order chi connectivity index (χ1) is 11.6. The van der Waals surface area contributed by atoms with Gasteiger partial charge in [0.25, 0.3) is 0 Å². The molecule has 2 rings (SSSR count). The van der Waals surface area contributed by atoms with Crippen LogP contribution in [0.1, 0.15) is 30.0 Å². The summed E-state index contributed by atoms with van der Waals surface area (Å²) in [6.45, 7) is 4.32. The van der Waals surface area contributed by atoms with E-state index in [0.29, 0.717) is 24.5 Å². The second-order valence-corrected chi connectivity index (χ2v) is 6.24. The minimum absolute atomic E-state index is 0.191.